The molecule has 1 atom stereocenters. The number of nitrogens with one attached hydrogen (secondary N) is 1. The molecule has 0 saturated carbocycles. The van der Waals surface area contributed by atoms with Gasteiger partial charge in [0, 0.05) is 5.69 Å². The van der Waals surface area contributed by atoms with Gasteiger partial charge in [0.1, 0.15) is 11.6 Å². The Bertz CT molecular complexity index is 632. The lowest BCUT2D eigenvalue weighted by Gasteiger charge is -2.16. The summed E-state index contributed by atoms with van der Waals surface area (Å²) in [6.07, 6.45) is 0. The quantitative estimate of drug-likeness (QED) is 0.884. The van der Waals surface area contributed by atoms with E-state index < -0.39 is 23.6 Å². The Labute approximate surface area is 122 Å². The highest BCUT2D eigenvalue weighted by atomic mass is 79.9. The highest BCUT2D eigenvalue weighted by Crippen LogP contribution is 2.24. The third-order valence-corrected chi connectivity index (χ3v) is 3.29. The number of carboxylic acid groups (broad SMARTS) is 1. The summed E-state index contributed by atoms with van der Waals surface area (Å²) in [7, 11) is 0. The molecule has 0 amide bonds. The van der Waals surface area contributed by atoms with Crippen molar-refractivity contribution >= 4 is 27.6 Å². The molecule has 0 bridgehead atoms. The molecule has 2 N–H and O–H groups in total. The number of rotatable bonds is 4. The molecule has 104 valence electrons. The second-order valence-corrected chi connectivity index (χ2v) is 4.95. The van der Waals surface area contributed by atoms with Crippen molar-refractivity contribution in [3.05, 3.63) is 64.1 Å². The van der Waals surface area contributed by atoms with E-state index in [4.69, 9.17) is 0 Å². The van der Waals surface area contributed by atoms with Gasteiger partial charge >= 0.3 is 5.97 Å². The lowest BCUT2D eigenvalue weighted by molar-refractivity contribution is -0.138. The molecule has 3 nitrogen and oxygen atoms in total. The van der Waals surface area contributed by atoms with E-state index in [1.54, 1.807) is 0 Å². The molecule has 0 spiro atoms. The van der Waals surface area contributed by atoms with Gasteiger partial charge in [-0.25, -0.2) is 13.6 Å². The van der Waals surface area contributed by atoms with Crippen LogP contribution < -0.4 is 5.32 Å². The average molecular weight is 342 g/mol. The largest absolute Gasteiger partial charge is 0.479 e. The zero-order chi connectivity index (χ0) is 14.7. The van der Waals surface area contributed by atoms with Gasteiger partial charge in [-0.15, -0.1) is 0 Å². The number of aliphatic carboxylic acids is 1. The first-order valence-corrected chi connectivity index (χ1v) is 6.46. The van der Waals surface area contributed by atoms with Crippen molar-refractivity contribution in [3.63, 3.8) is 0 Å². The molecule has 0 heterocycles. The molecule has 0 saturated heterocycles. The molecule has 20 heavy (non-hydrogen) atoms. The number of carboxylic acids is 1. The highest BCUT2D eigenvalue weighted by molar-refractivity contribution is 9.10. The van der Waals surface area contributed by atoms with Crippen molar-refractivity contribution in [3.8, 4) is 0 Å². The minimum Gasteiger partial charge on any atom is -0.479 e. The molecular weight excluding hydrogens is 332 g/mol. The van der Waals surface area contributed by atoms with Crippen LogP contribution in [0.25, 0.3) is 0 Å². The summed E-state index contributed by atoms with van der Waals surface area (Å²) in [6, 6.07) is 8.22. The van der Waals surface area contributed by atoms with Crippen LogP contribution in [-0.4, -0.2) is 11.1 Å². The fourth-order valence-electron chi connectivity index (χ4n) is 1.69. The minimum atomic E-state index is -1.12. The van der Waals surface area contributed by atoms with Crippen LogP contribution >= 0.6 is 15.9 Å². The topological polar surface area (TPSA) is 49.3 Å². The molecule has 0 aliphatic heterocycles. The van der Waals surface area contributed by atoms with Crippen LogP contribution in [0.2, 0.25) is 0 Å². The van der Waals surface area contributed by atoms with Crippen LogP contribution in [0.3, 0.4) is 0 Å². The fourth-order valence-corrected chi connectivity index (χ4v) is 2.09. The lowest BCUT2D eigenvalue weighted by atomic mass is 10.1. The van der Waals surface area contributed by atoms with Crippen LogP contribution in [0.5, 0.6) is 0 Å². The molecule has 2 aromatic carbocycles. The van der Waals surface area contributed by atoms with Crippen molar-refractivity contribution in [1.82, 2.24) is 0 Å². The fraction of sp³-hybridized carbons (Fsp3) is 0.0714. The molecule has 0 aliphatic rings. The standard InChI is InChI=1S/C14H10BrF2NO2/c15-11-7-8(1-6-12(11)17)13(14(19)20)18-10-4-2-9(16)3-5-10/h1-7,13,18H,(H,19,20). The van der Waals surface area contributed by atoms with E-state index in [1.807, 2.05) is 0 Å². The van der Waals surface area contributed by atoms with Crippen LogP contribution in [-0.2, 0) is 4.79 Å². The normalized spacial score (nSPS) is 11.9. The second kappa shape index (κ2) is 6.00. The van der Waals surface area contributed by atoms with E-state index >= 15 is 0 Å². The zero-order valence-electron chi connectivity index (χ0n) is 10.1. The summed E-state index contributed by atoms with van der Waals surface area (Å²) in [4.78, 5) is 11.3. The van der Waals surface area contributed by atoms with Crippen LogP contribution in [0, 0.1) is 11.6 Å². The molecule has 0 radical (unpaired) electrons. The Hall–Kier alpha value is -1.95. The predicted octanol–water partition coefficient (Wildman–Crippen LogP) is 3.97. The average Bonchev–Trinajstić information content (AvgIpc) is 2.41. The van der Waals surface area contributed by atoms with Crippen LogP contribution in [0.15, 0.2) is 46.9 Å². The molecule has 0 fully saturated rings. The van der Waals surface area contributed by atoms with Crippen LogP contribution in [0.1, 0.15) is 11.6 Å². The Morgan fingerprint density at radius 3 is 2.35 bits per heavy atom. The van der Waals surface area contributed by atoms with E-state index in [0.29, 0.717) is 11.3 Å². The number of hydrogen-bond acceptors (Lipinski definition) is 2. The first-order chi connectivity index (χ1) is 9.47. The molecule has 1 unspecified atom stereocenters. The minimum absolute atomic E-state index is 0.183. The molecule has 2 rings (SSSR count). The lowest BCUT2D eigenvalue weighted by Crippen LogP contribution is -2.20. The van der Waals surface area contributed by atoms with Gasteiger partial charge in [0.15, 0.2) is 6.04 Å². The first kappa shape index (κ1) is 14.5. The zero-order valence-corrected chi connectivity index (χ0v) is 11.7. The van der Waals surface area contributed by atoms with Crippen LogP contribution in [0.4, 0.5) is 14.5 Å². The maximum absolute atomic E-state index is 13.2. The number of anilines is 1. The third-order valence-electron chi connectivity index (χ3n) is 2.68. The Kier molecular flexibility index (Phi) is 4.34. The van der Waals surface area contributed by atoms with E-state index in [0.717, 1.165) is 0 Å². The SMILES string of the molecule is O=C(O)C(Nc1ccc(F)cc1)c1ccc(F)c(Br)c1. The smallest absolute Gasteiger partial charge is 0.330 e. The van der Waals surface area contributed by atoms with Gasteiger partial charge in [-0.05, 0) is 57.9 Å². The predicted molar refractivity (Wildman–Crippen MR) is 74.5 cm³/mol. The van der Waals surface area contributed by atoms with Crippen molar-refractivity contribution in [2.45, 2.75) is 6.04 Å². The second-order valence-electron chi connectivity index (χ2n) is 4.10. The summed E-state index contributed by atoms with van der Waals surface area (Å²) in [5.74, 6) is -2.00. The number of hydrogen-bond donors (Lipinski definition) is 2. The van der Waals surface area contributed by atoms with Crippen molar-refractivity contribution in [1.29, 1.82) is 0 Å². The number of benzene rings is 2. The Morgan fingerprint density at radius 2 is 1.80 bits per heavy atom. The maximum atomic E-state index is 13.2. The maximum Gasteiger partial charge on any atom is 0.330 e. The van der Waals surface area contributed by atoms with Gasteiger partial charge in [-0.3, -0.25) is 0 Å². The molecule has 0 aliphatic carbocycles. The van der Waals surface area contributed by atoms with Gasteiger partial charge in [0.2, 0.25) is 0 Å². The van der Waals surface area contributed by atoms with Gasteiger partial charge in [0.05, 0.1) is 4.47 Å². The van der Waals surface area contributed by atoms with Gasteiger partial charge in [-0.1, -0.05) is 6.07 Å². The van der Waals surface area contributed by atoms with E-state index in [2.05, 4.69) is 21.2 Å². The summed E-state index contributed by atoms with van der Waals surface area (Å²) in [5, 5.41) is 12.0. The Balaban J connectivity index is 2.29. The molecular formula is C14H10BrF2NO2. The van der Waals surface area contributed by atoms with E-state index in [1.165, 1.54) is 42.5 Å². The molecule has 2 aromatic rings. The third kappa shape index (κ3) is 3.33. The monoisotopic (exact) mass is 341 g/mol. The van der Waals surface area contributed by atoms with E-state index in [-0.39, 0.29) is 4.47 Å². The Morgan fingerprint density at radius 1 is 1.15 bits per heavy atom. The van der Waals surface area contributed by atoms with Gasteiger partial charge in [0.25, 0.3) is 0 Å². The molecule has 6 heteroatoms. The first-order valence-electron chi connectivity index (χ1n) is 5.67. The summed E-state index contributed by atoms with van der Waals surface area (Å²) < 4.78 is 26.2. The summed E-state index contributed by atoms with van der Waals surface area (Å²) in [6.45, 7) is 0. The number of carbonyl (C=O) groups is 1. The van der Waals surface area contributed by atoms with E-state index in [9.17, 15) is 18.7 Å². The summed E-state index contributed by atoms with van der Waals surface area (Å²) in [5.41, 5.74) is 0.842. The van der Waals surface area contributed by atoms with Crippen molar-refractivity contribution < 1.29 is 18.7 Å². The van der Waals surface area contributed by atoms with Gasteiger partial charge < -0.3 is 10.4 Å². The molecule has 0 aromatic heterocycles. The van der Waals surface area contributed by atoms with Crippen molar-refractivity contribution in [2.75, 3.05) is 5.32 Å². The van der Waals surface area contributed by atoms with Crippen molar-refractivity contribution in [2.24, 2.45) is 0 Å². The van der Waals surface area contributed by atoms with Gasteiger partial charge in [-0.2, -0.15) is 0 Å². The highest BCUT2D eigenvalue weighted by Gasteiger charge is 2.20. The summed E-state index contributed by atoms with van der Waals surface area (Å²) >= 11 is 3.01. The number of halogens is 3.